The SMILES string of the molecule is CP(C)(=O)c1ccccc1Nc1nc(Nc2ccc3[nH]nc(-c4cccc(C(=O)O)c4)c3c2)ncc1Cl.O=NO. The Bertz CT molecular complexity index is 1760. The fraction of sp³-hybridized carbons (Fsp3) is 0.0769. The Kier molecular flexibility index (Phi) is 8.42. The molecule has 3 aromatic carbocycles. The number of para-hydroxylation sites is 1. The molecule has 0 spiro atoms. The number of aromatic amines is 1. The van der Waals surface area contributed by atoms with E-state index in [-0.39, 0.29) is 5.56 Å². The quantitative estimate of drug-likeness (QED) is 0.0839. The Morgan fingerprint density at radius 2 is 1.80 bits per heavy atom. The number of nitrogens with one attached hydrogen (secondary N) is 3. The predicted molar refractivity (Wildman–Crippen MR) is 155 cm³/mol. The number of rotatable bonds is 7. The normalized spacial score (nSPS) is 10.9. The third kappa shape index (κ3) is 6.42. The van der Waals surface area contributed by atoms with Crippen molar-refractivity contribution in [3.63, 3.8) is 0 Å². The molecule has 0 aliphatic heterocycles. The zero-order valence-corrected chi connectivity index (χ0v) is 22.8. The lowest BCUT2D eigenvalue weighted by Crippen LogP contribution is -2.10. The topological polar surface area (TPSA) is 183 Å². The van der Waals surface area contributed by atoms with Gasteiger partial charge in [0, 0.05) is 21.9 Å². The van der Waals surface area contributed by atoms with Gasteiger partial charge >= 0.3 is 5.97 Å². The Morgan fingerprint density at radius 1 is 1.05 bits per heavy atom. The zero-order valence-electron chi connectivity index (χ0n) is 21.2. The number of carboxylic acid groups (broad SMARTS) is 1. The monoisotopic (exact) mass is 579 g/mol. The molecule has 0 aliphatic carbocycles. The van der Waals surface area contributed by atoms with E-state index in [2.05, 4.69) is 30.8 Å². The summed E-state index contributed by atoms with van der Waals surface area (Å²) < 4.78 is 12.7. The van der Waals surface area contributed by atoms with Crippen molar-refractivity contribution in [3.05, 3.63) is 88.4 Å². The van der Waals surface area contributed by atoms with Crippen LogP contribution in [0.3, 0.4) is 0 Å². The molecule has 0 fully saturated rings. The van der Waals surface area contributed by atoms with Crippen LogP contribution < -0.4 is 15.9 Å². The van der Waals surface area contributed by atoms with Gasteiger partial charge in [-0.15, -0.1) is 4.91 Å². The first-order chi connectivity index (χ1) is 19.1. The van der Waals surface area contributed by atoms with E-state index in [0.717, 1.165) is 10.9 Å². The fourth-order valence-corrected chi connectivity index (χ4v) is 5.23. The maximum absolute atomic E-state index is 12.7. The van der Waals surface area contributed by atoms with Gasteiger partial charge in [-0.3, -0.25) is 5.10 Å². The van der Waals surface area contributed by atoms with E-state index < -0.39 is 13.1 Å². The first-order valence-electron chi connectivity index (χ1n) is 11.6. The van der Waals surface area contributed by atoms with Crippen molar-refractivity contribution in [2.45, 2.75) is 0 Å². The van der Waals surface area contributed by atoms with Crippen LogP contribution in [0.2, 0.25) is 5.02 Å². The molecule has 5 aromatic rings. The molecular weight excluding hydrogens is 557 g/mol. The lowest BCUT2D eigenvalue weighted by Gasteiger charge is -2.15. The summed E-state index contributed by atoms with van der Waals surface area (Å²) in [5, 5.41) is 32.8. The molecule has 40 heavy (non-hydrogen) atoms. The van der Waals surface area contributed by atoms with Crippen molar-refractivity contribution in [2.75, 3.05) is 24.0 Å². The van der Waals surface area contributed by atoms with Gasteiger partial charge in [-0.2, -0.15) is 10.1 Å². The molecule has 204 valence electrons. The molecule has 0 amide bonds. The number of aromatic carboxylic acids is 1. The molecule has 0 radical (unpaired) electrons. The van der Waals surface area contributed by atoms with Crippen LogP contribution >= 0.6 is 18.7 Å². The van der Waals surface area contributed by atoms with E-state index in [0.29, 0.717) is 44.7 Å². The van der Waals surface area contributed by atoms with Gasteiger partial charge < -0.3 is 25.5 Å². The van der Waals surface area contributed by atoms with Crippen molar-refractivity contribution in [3.8, 4) is 11.3 Å². The number of aromatic nitrogens is 4. The van der Waals surface area contributed by atoms with E-state index in [4.69, 9.17) is 21.7 Å². The molecule has 14 heteroatoms. The summed E-state index contributed by atoms with van der Waals surface area (Å²) >= 11 is 6.36. The second-order valence-electron chi connectivity index (χ2n) is 8.81. The summed E-state index contributed by atoms with van der Waals surface area (Å²) in [6.45, 7) is 3.42. The molecule has 0 saturated carbocycles. The lowest BCUT2D eigenvalue weighted by molar-refractivity contribution is 0.0697. The Labute approximate surface area is 232 Å². The summed E-state index contributed by atoms with van der Waals surface area (Å²) in [6.07, 6.45) is 1.48. The number of nitrogens with zero attached hydrogens (tertiary/aromatic N) is 4. The molecule has 2 aromatic heterocycles. The van der Waals surface area contributed by atoms with Gasteiger partial charge in [-0.05, 0) is 55.8 Å². The molecule has 0 saturated heterocycles. The zero-order chi connectivity index (χ0) is 28.9. The molecule has 0 atom stereocenters. The number of carboxylic acids is 1. The minimum absolute atomic E-state index is 0.182. The highest BCUT2D eigenvalue weighted by molar-refractivity contribution is 7.70. The number of hydrogen-bond donors (Lipinski definition) is 5. The first-order valence-corrected chi connectivity index (χ1v) is 14.6. The second kappa shape index (κ2) is 11.9. The van der Waals surface area contributed by atoms with Gasteiger partial charge in [0.05, 0.1) is 28.7 Å². The molecule has 0 unspecified atom stereocenters. The Hall–Kier alpha value is -4.80. The number of H-pyrrole nitrogens is 1. The van der Waals surface area contributed by atoms with Gasteiger partial charge in [-0.1, -0.05) is 35.9 Å². The van der Waals surface area contributed by atoms with Crippen LogP contribution in [0.25, 0.3) is 22.2 Å². The second-order valence-corrected chi connectivity index (χ2v) is 12.4. The van der Waals surface area contributed by atoms with Crippen LogP contribution in [-0.4, -0.2) is 49.8 Å². The molecule has 0 aliphatic rings. The number of benzene rings is 3. The third-order valence-electron chi connectivity index (χ3n) is 5.68. The van der Waals surface area contributed by atoms with Crippen LogP contribution in [-0.2, 0) is 4.57 Å². The van der Waals surface area contributed by atoms with E-state index in [9.17, 15) is 14.5 Å². The third-order valence-corrected chi connectivity index (χ3v) is 7.51. The number of hydrogen-bond acceptors (Lipinski definition) is 9. The van der Waals surface area contributed by atoms with E-state index in [1.54, 1.807) is 25.5 Å². The highest BCUT2D eigenvalue weighted by Gasteiger charge is 2.17. The molecule has 2 heterocycles. The standard InChI is InChI=1S/C26H22ClN6O3P.HNO2/c1-37(2,36)22-9-4-3-8-21(22)30-24-19(27)14-28-26(31-24)29-17-10-11-20-18(13-17)23(33-32-20)15-6-5-7-16(12-15)25(34)35;2-1-3/h3-14H,1-2H3,(H,32,33)(H,34,35)(H2,28,29,30,31);(H,2,3). The predicted octanol–water partition coefficient (Wildman–Crippen LogP) is 6.25. The van der Waals surface area contributed by atoms with E-state index in [1.807, 2.05) is 48.5 Å². The number of anilines is 4. The molecule has 0 bridgehead atoms. The lowest BCUT2D eigenvalue weighted by atomic mass is 10.0. The van der Waals surface area contributed by atoms with Crippen LogP contribution in [0.15, 0.2) is 78.3 Å². The number of fused-ring (bicyclic) bond motifs is 1. The maximum Gasteiger partial charge on any atom is 0.335 e. The van der Waals surface area contributed by atoms with E-state index in [1.165, 1.54) is 17.6 Å². The first kappa shape index (κ1) is 28.2. The summed E-state index contributed by atoms with van der Waals surface area (Å²) in [5.41, 5.74) is 3.64. The number of carbonyl (C=O) groups is 1. The van der Waals surface area contributed by atoms with Gasteiger partial charge in [0.25, 0.3) is 0 Å². The van der Waals surface area contributed by atoms with Crippen LogP contribution in [0, 0.1) is 4.91 Å². The highest BCUT2D eigenvalue weighted by atomic mass is 35.5. The van der Waals surface area contributed by atoms with Gasteiger partial charge in [-0.25, -0.2) is 9.78 Å². The fourth-order valence-electron chi connectivity index (χ4n) is 3.93. The van der Waals surface area contributed by atoms with Crippen molar-refractivity contribution >= 4 is 64.1 Å². The molecule has 5 N–H and O–H groups in total. The van der Waals surface area contributed by atoms with Crippen molar-refractivity contribution in [2.24, 2.45) is 5.34 Å². The van der Waals surface area contributed by atoms with Gasteiger partial charge in [0.1, 0.15) is 12.2 Å². The molecular formula is C26H23ClN7O5P. The minimum Gasteiger partial charge on any atom is -0.478 e. The van der Waals surface area contributed by atoms with Crippen LogP contribution in [0.4, 0.5) is 23.1 Å². The van der Waals surface area contributed by atoms with Gasteiger partial charge in [0.15, 0.2) is 11.2 Å². The van der Waals surface area contributed by atoms with Crippen molar-refractivity contribution < 1.29 is 19.7 Å². The average molecular weight is 580 g/mol. The Balaban J connectivity index is 0.00000118. The maximum atomic E-state index is 12.7. The van der Waals surface area contributed by atoms with E-state index >= 15 is 0 Å². The van der Waals surface area contributed by atoms with Crippen LogP contribution in [0.5, 0.6) is 0 Å². The summed E-state index contributed by atoms with van der Waals surface area (Å²) in [4.78, 5) is 28.3. The van der Waals surface area contributed by atoms with Gasteiger partial charge in [0.2, 0.25) is 5.95 Å². The van der Waals surface area contributed by atoms with Crippen molar-refractivity contribution in [1.82, 2.24) is 20.2 Å². The molecule has 5 rings (SSSR count). The number of halogens is 1. The summed E-state index contributed by atoms with van der Waals surface area (Å²) in [7, 11) is -2.54. The summed E-state index contributed by atoms with van der Waals surface area (Å²) in [6, 6.07) is 19.5. The summed E-state index contributed by atoms with van der Waals surface area (Å²) in [5.74, 6) is -0.329. The largest absolute Gasteiger partial charge is 0.478 e. The van der Waals surface area contributed by atoms with Crippen molar-refractivity contribution in [1.29, 1.82) is 0 Å². The smallest absolute Gasteiger partial charge is 0.335 e. The average Bonchev–Trinajstić information content (AvgIpc) is 3.34. The molecule has 12 nitrogen and oxygen atoms in total. The highest BCUT2D eigenvalue weighted by Crippen LogP contribution is 2.38. The Morgan fingerprint density at radius 3 is 2.52 bits per heavy atom. The minimum atomic E-state index is -2.54. The van der Waals surface area contributed by atoms with Crippen LogP contribution in [0.1, 0.15) is 10.4 Å².